The van der Waals surface area contributed by atoms with Gasteiger partial charge in [-0.05, 0) is 57.4 Å². The van der Waals surface area contributed by atoms with Crippen molar-refractivity contribution in [2.24, 2.45) is 5.84 Å². The third kappa shape index (κ3) is 2.44. The maximum absolute atomic E-state index is 5.52. The highest BCUT2D eigenvalue weighted by molar-refractivity contribution is 5.64. The first-order valence-electron chi connectivity index (χ1n) is 6.34. The third-order valence-electron chi connectivity index (χ3n) is 3.61. The van der Waals surface area contributed by atoms with E-state index in [0.717, 1.165) is 22.6 Å². The zero-order valence-corrected chi connectivity index (χ0v) is 12.1. The van der Waals surface area contributed by atoms with Crippen LogP contribution in [0.15, 0.2) is 12.1 Å². The molecule has 3 N–H and O–H groups in total. The van der Waals surface area contributed by atoms with Crippen molar-refractivity contribution in [3.05, 3.63) is 40.1 Å². The van der Waals surface area contributed by atoms with Crippen LogP contribution in [-0.2, 0) is 0 Å². The van der Waals surface area contributed by atoms with Crippen LogP contribution in [0.5, 0.6) is 0 Å². The van der Waals surface area contributed by atoms with E-state index in [1.165, 1.54) is 16.7 Å². The summed E-state index contributed by atoms with van der Waals surface area (Å²) in [6, 6.07) is 4.30. The highest BCUT2D eigenvalue weighted by Gasteiger charge is 2.11. The fourth-order valence-electron chi connectivity index (χ4n) is 2.09. The molecular formula is C15H20N4. The lowest BCUT2D eigenvalue weighted by Crippen LogP contribution is -2.12. The Morgan fingerprint density at radius 3 is 2.16 bits per heavy atom. The van der Waals surface area contributed by atoms with Crippen molar-refractivity contribution in [1.29, 1.82) is 0 Å². The van der Waals surface area contributed by atoms with Gasteiger partial charge in [-0.2, -0.15) is 0 Å². The van der Waals surface area contributed by atoms with Crippen LogP contribution in [0.4, 0.5) is 5.82 Å². The van der Waals surface area contributed by atoms with Crippen LogP contribution in [-0.4, -0.2) is 9.97 Å². The number of aryl methyl sites for hydroxylation is 4. The number of nitrogens with two attached hydrogens (primary N) is 1. The highest BCUT2D eigenvalue weighted by atomic mass is 15.3. The molecule has 0 saturated carbocycles. The number of anilines is 1. The lowest BCUT2D eigenvalue weighted by Gasteiger charge is -2.12. The van der Waals surface area contributed by atoms with Crippen molar-refractivity contribution in [2.45, 2.75) is 34.6 Å². The van der Waals surface area contributed by atoms with Gasteiger partial charge in [0, 0.05) is 16.8 Å². The van der Waals surface area contributed by atoms with Crippen molar-refractivity contribution in [3.63, 3.8) is 0 Å². The van der Waals surface area contributed by atoms with E-state index in [9.17, 15) is 0 Å². The fraction of sp³-hybridized carbons (Fsp3) is 0.333. The Hall–Kier alpha value is -1.94. The molecule has 0 bridgehead atoms. The summed E-state index contributed by atoms with van der Waals surface area (Å²) in [5.41, 5.74) is 9.31. The number of hydrazine groups is 1. The molecule has 0 saturated heterocycles. The number of rotatable bonds is 2. The summed E-state index contributed by atoms with van der Waals surface area (Å²) in [7, 11) is 0. The van der Waals surface area contributed by atoms with Crippen LogP contribution in [0, 0.1) is 34.6 Å². The maximum Gasteiger partial charge on any atom is 0.162 e. The van der Waals surface area contributed by atoms with Gasteiger partial charge in [-0.3, -0.25) is 0 Å². The Morgan fingerprint density at radius 2 is 1.53 bits per heavy atom. The molecular weight excluding hydrogens is 236 g/mol. The minimum atomic E-state index is 0.681. The van der Waals surface area contributed by atoms with Crippen LogP contribution in [0.25, 0.3) is 11.4 Å². The average Bonchev–Trinajstić information content (AvgIpc) is 2.37. The van der Waals surface area contributed by atoms with Gasteiger partial charge < -0.3 is 5.43 Å². The first kappa shape index (κ1) is 13.5. The monoisotopic (exact) mass is 256 g/mol. The predicted molar refractivity (Wildman–Crippen MR) is 79.0 cm³/mol. The summed E-state index contributed by atoms with van der Waals surface area (Å²) in [5.74, 6) is 6.92. The van der Waals surface area contributed by atoms with Crippen molar-refractivity contribution in [2.75, 3.05) is 5.43 Å². The van der Waals surface area contributed by atoms with Crippen molar-refractivity contribution in [1.82, 2.24) is 9.97 Å². The van der Waals surface area contributed by atoms with E-state index in [1.54, 1.807) is 0 Å². The van der Waals surface area contributed by atoms with E-state index in [4.69, 9.17) is 5.84 Å². The van der Waals surface area contributed by atoms with Crippen molar-refractivity contribution < 1.29 is 0 Å². The molecule has 0 fully saturated rings. The molecule has 1 aromatic heterocycles. The first-order valence-corrected chi connectivity index (χ1v) is 6.34. The Labute approximate surface area is 114 Å². The molecule has 0 spiro atoms. The Bertz CT molecular complexity index is 633. The summed E-state index contributed by atoms with van der Waals surface area (Å²) >= 11 is 0. The molecule has 19 heavy (non-hydrogen) atoms. The second kappa shape index (κ2) is 4.97. The number of aromatic nitrogens is 2. The van der Waals surface area contributed by atoms with Gasteiger partial charge in [-0.25, -0.2) is 15.8 Å². The highest BCUT2D eigenvalue weighted by Crippen LogP contribution is 2.26. The van der Waals surface area contributed by atoms with Crippen LogP contribution in [0.1, 0.15) is 27.9 Å². The Balaban J connectivity index is 2.65. The van der Waals surface area contributed by atoms with E-state index in [1.807, 2.05) is 13.8 Å². The zero-order chi connectivity index (χ0) is 14.2. The number of nitrogen functional groups attached to an aromatic ring is 1. The predicted octanol–water partition coefficient (Wildman–Crippen LogP) is 2.97. The normalized spacial score (nSPS) is 10.6. The van der Waals surface area contributed by atoms with Gasteiger partial charge in [0.2, 0.25) is 0 Å². The first-order chi connectivity index (χ1) is 8.93. The summed E-state index contributed by atoms with van der Waals surface area (Å²) in [4.78, 5) is 9.08. The summed E-state index contributed by atoms with van der Waals surface area (Å²) < 4.78 is 0. The molecule has 1 heterocycles. The summed E-state index contributed by atoms with van der Waals surface area (Å²) in [6.07, 6.45) is 0. The molecule has 0 amide bonds. The average molecular weight is 256 g/mol. The minimum absolute atomic E-state index is 0.681. The van der Waals surface area contributed by atoms with E-state index >= 15 is 0 Å². The number of hydrogen-bond donors (Lipinski definition) is 2. The van der Waals surface area contributed by atoms with Crippen LogP contribution >= 0.6 is 0 Å². The number of benzene rings is 1. The molecule has 0 aliphatic heterocycles. The van der Waals surface area contributed by atoms with E-state index in [2.05, 4.69) is 48.3 Å². The SMILES string of the molecule is Cc1cc(C)c(-c2nc(C)c(C)c(NN)n2)cc1C. The Morgan fingerprint density at radius 1 is 0.895 bits per heavy atom. The Kier molecular flexibility index (Phi) is 3.53. The van der Waals surface area contributed by atoms with E-state index in [0.29, 0.717) is 5.82 Å². The number of hydrogen-bond acceptors (Lipinski definition) is 4. The molecule has 0 atom stereocenters. The maximum atomic E-state index is 5.52. The smallest absolute Gasteiger partial charge is 0.162 e. The summed E-state index contributed by atoms with van der Waals surface area (Å²) in [6.45, 7) is 10.2. The molecule has 2 aromatic rings. The second-order valence-electron chi connectivity index (χ2n) is 5.00. The van der Waals surface area contributed by atoms with Gasteiger partial charge in [0.25, 0.3) is 0 Å². The van der Waals surface area contributed by atoms with Gasteiger partial charge in [-0.1, -0.05) is 6.07 Å². The molecule has 0 aliphatic carbocycles. The molecule has 0 radical (unpaired) electrons. The van der Waals surface area contributed by atoms with Gasteiger partial charge in [0.1, 0.15) is 5.82 Å². The third-order valence-corrected chi connectivity index (χ3v) is 3.61. The quantitative estimate of drug-likeness (QED) is 0.640. The molecule has 0 aliphatic rings. The fourth-order valence-corrected chi connectivity index (χ4v) is 2.09. The van der Waals surface area contributed by atoms with E-state index in [-0.39, 0.29) is 0 Å². The van der Waals surface area contributed by atoms with Crippen LogP contribution < -0.4 is 11.3 Å². The molecule has 2 rings (SSSR count). The molecule has 1 aromatic carbocycles. The van der Waals surface area contributed by atoms with E-state index < -0.39 is 0 Å². The van der Waals surface area contributed by atoms with Gasteiger partial charge >= 0.3 is 0 Å². The molecule has 4 nitrogen and oxygen atoms in total. The molecule has 100 valence electrons. The zero-order valence-electron chi connectivity index (χ0n) is 12.1. The summed E-state index contributed by atoms with van der Waals surface area (Å²) in [5, 5.41) is 0. The minimum Gasteiger partial charge on any atom is -0.308 e. The lowest BCUT2D eigenvalue weighted by atomic mass is 10.00. The van der Waals surface area contributed by atoms with Crippen molar-refractivity contribution >= 4 is 5.82 Å². The standard InChI is InChI=1S/C15H20N4/c1-8-6-10(3)13(7-9(8)2)15-17-12(5)11(4)14(18-15)19-16/h6-7H,16H2,1-5H3,(H,17,18,19). The van der Waals surface area contributed by atoms with Gasteiger partial charge in [0.15, 0.2) is 5.82 Å². The van der Waals surface area contributed by atoms with Crippen LogP contribution in [0.3, 0.4) is 0 Å². The second-order valence-corrected chi connectivity index (χ2v) is 5.00. The number of nitrogens with one attached hydrogen (secondary N) is 1. The van der Waals surface area contributed by atoms with Gasteiger partial charge in [-0.15, -0.1) is 0 Å². The molecule has 0 unspecified atom stereocenters. The lowest BCUT2D eigenvalue weighted by molar-refractivity contribution is 1.05. The van der Waals surface area contributed by atoms with Crippen molar-refractivity contribution in [3.8, 4) is 11.4 Å². The topological polar surface area (TPSA) is 63.8 Å². The van der Waals surface area contributed by atoms with Gasteiger partial charge in [0.05, 0.1) is 0 Å². The van der Waals surface area contributed by atoms with Crippen LogP contribution in [0.2, 0.25) is 0 Å². The molecule has 4 heteroatoms. The largest absolute Gasteiger partial charge is 0.308 e. The number of nitrogens with zero attached hydrogens (tertiary/aromatic N) is 2.